The van der Waals surface area contributed by atoms with Gasteiger partial charge >= 0.3 is 0 Å². The molecule has 1 N–H and O–H groups in total. The average Bonchev–Trinajstić information content (AvgIpc) is 3.07. The summed E-state index contributed by atoms with van der Waals surface area (Å²) in [6, 6.07) is 19.1. The maximum Gasteiger partial charge on any atom is 0.291 e. The molecule has 1 amide bonds. The molecule has 0 saturated heterocycles. The Balaban J connectivity index is 1.75. The lowest BCUT2D eigenvalue weighted by atomic mass is 9.97. The number of rotatable bonds is 4. The highest BCUT2D eigenvalue weighted by atomic mass is 16.5. The highest BCUT2D eigenvalue weighted by molar-refractivity contribution is 5.99. The van der Waals surface area contributed by atoms with Gasteiger partial charge in [0.1, 0.15) is 5.58 Å². The van der Waals surface area contributed by atoms with E-state index in [0.717, 1.165) is 11.1 Å². The summed E-state index contributed by atoms with van der Waals surface area (Å²) in [5.41, 5.74) is 2.97. The van der Waals surface area contributed by atoms with Crippen LogP contribution in [0.5, 0.6) is 11.5 Å². The predicted molar refractivity (Wildman–Crippen MR) is 120 cm³/mol. The molecule has 0 saturated carbocycles. The lowest BCUT2D eigenvalue weighted by Crippen LogP contribution is -2.29. The number of carbonyl (C=O) groups is 1. The second-order valence-electron chi connectivity index (χ2n) is 7.93. The SMILES string of the molecule is COc1cc([C@@H]2c3c(oc4ccc(C)cc4c3=O)C(=O)N2Cc2ccccc2)ccc1O. The van der Waals surface area contributed by atoms with Gasteiger partial charge in [-0.15, -0.1) is 0 Å². The van der Waals surface area contributed by atoms with E-state index in [9.17, 15) is 14.7 Å². The van der Waals surface area contributed by atoms with Crippen LogP contribution in [0.1, 0.15) is 38.9 Å². The summed E-state index contributed by atoms with van der Waals surface area (Å²) in [7, 11) is 1.46. The molecule has 160 valence electrons. The predicted octanol–water partition coefficient (Wildman–Crippen LogP) is 4.56. The van der Waals surface area contributed by atoms with Crippen LogP contribution < -0.4 is 10.2 Å². The van der Waals surface area contributed by atoms with E-state index in [2.05, 4.69) is 0 Å². The van der Waals surface area contributed by atoms with Crippen LogP contribution in [0.3, 0.4) is 0 Å². The smallest absolute Gasteiger partial charge is 0.291 e. The first-order chi connectivity index (χ1) is 15.5. The summed E-state index contributed by atoms with van der Waals surface area (Å²) in [6.45, 7) is 2.20. The molecule has 3 aromatic carbocycles. The molecule has 6 heteroatoms. The number of phenols is 1. The second-order valence-corrected chi connectivity index (χ2v) is 7.93. The Bertz CT molecular complexity index is 1410. The summed E-state index contributed by atoms with van der Waals surface area (Å²) >= 11 is 0. The van der Waals surface area contributed by atoms with E-state index >= 15 is 0 Å². The minimum Gasteiger partial charge on any atom is -0.504 e. The quantitative estimate of drug-likeness (QED) is 0.516. The molecule has 0 radical (unpaired) electrons. The van der Waals surface area contributed by atoms with Gasteiger partial charge in [-0.1, -0.05) is 48.0 Å². The van der Waals surface area contributed by atoms with Gasteiger partial charge in [0.2, 0.25) is 5.76 Å². The third-order valence-corrected chi connectivity index (χ3v) is 5.84. The van der Waals surface area contributed by atoms with Crippen LogP contribution in [0, 0.1) is 6.92 Å². The Labute approximate surface area is 184 Å². The molecular formula is C26H21NO5. The second kappa shape index (κ2) is 7.57. The molecule has 1 atom stereocenters. The van der Waals surface area contributed by atoms with Crippen molar-refractivity contribution in [3.8, 4) is 11.5 Å². The average molecular weight is 427 g/mol. The monoisotopic (exact) mass is 427 g/mol. The van der Waals surface area contributed by atoms with Gasteiger partial charge in [-0.25, -0.2) is 0 Å². The fraction of sp³-hybridized carbons (Fsp3) is 0.154. The number of ether oxygens (including phenoxy) is 1. The number of carbonyl (C=O) groups excluding carboxylic acids is 1. The number of methoxy groups -OCH3 is 1. The summed E-state index contributed by atoms with van der Waals surface area (Å²) in [5, 5.41) is 10.5. The molecule has 1 aromatic heterocycles. The maximum atomic E-state index is 13.6. The van der Waals surface area contributed by atoms with Crippen molar-refractivity contribution >= 4 is 16.9 Å². The third-order valence-electron chi connectivity index (χ3n) is 5.84. The van der Waals surface area contributed by atoms with E-state index in [1.54, 1.807) is 29.2 Å². The van der Waals surface area contributed by atoms with Gasteiger partial charge in [-0.05, 0) is 42.3 Å². The molecule has 6 nitrogen and oxygen atoms in total. The van der Waals surface area contributed by atoms with Crippen molar-refractivity contribution in [1.82, 2.24) is 4.90 Å². The Kier molecular flexibility index (Phi) is 4.70. The molecule has 1 aliphatic heterocycles. The highest BCUT2D eigenvalue weighted by Crippen LogP contribution is 2.41. The van der Waals surface area contributed by atoms with Crippen molar-refractivity contribution in [3.05, 3.63) is 105 Å². The van der Waals surface area contributed by atoms with Crippen molar-refractivity contribution in [2.75, 3.05) is 7.11 Å². The number of aryl methyl sites for hydroxylation is 1. The summed E-state index contributed by atoms with van der Waals surface area (Å²) in [6.07, 6.45) is 0. The molecule has 0 fully saturated rings. The number of fused-ring (bicyclic) bond motifs is 2. The molecule has 5 rings (SSSR count). The fourth-order valence-corrected chi connectivity index (χ4v) is 4.29. The van der Waals surface area contributed by atoms with E-state index in [1.165, 1.54) is 13.2 Å². The van der Waals surface area contributed by atoms with Crippen molar-refractivity contribution < 1.29 is 19.1 Å². The number of aromatic hydroxyl groups is 1. The zero-order valence-electron chi connectivity index (χ0n) is 17.7. The van der Waals surface area contributed by atoms with Crippen LogP contribution in [0.2, 0.25) is 0 Å². The van der Waals surface area contributed by atoms with Gasteiger partial charge in [-0.3, -0.25) is 9.59 Å². The number of nitrogens with zero attached hydrogens (tertiary/aromatic N) is 1. The fourth-order valence-electron chi connectivity index (χ4n) is 4.29. The van der Waals surface area contributed by atoms with Gasteiger partial charge < -0.3 is 19.2 Å². The maximum absolute atomic E-state index is 13.6. The van der Waals surface area contributed by atoms with Gasteiger partial charge in [0, 0.05) is 6.54 Å². The molecule has 0 aliphatic carbocycles. The zero-order chi connectivity index (χ0) is 22.4. The number of hydrogen-bond acceptors (Lipinski definition) is 5. The molecule has 2 heterocycles. The van der Waals surface area contributed by atoms with Gasteiger partial charge in [-0.2, -0.15) is 0 Å². The Morgan fingerprint density at radius 2 is 1.81 bits per heavy atom. The minimum atomic E-state index is -0.673. The molecule has 4 aromatic rings. The first kappa shape index (κ1) is 19.9. The molecule has 0 bridgehead atoms. The molecule has 0 spiro atoms. The van der Waals surface area contributed by atoms with E-state index < -0.39 is 6.04 Å². The van der Waals surface area contributed by atoms with Crippen LogP contribution in [0.15, 0.2) is 75.9 Å². The third kappa shape index (κ3) is 3.12. The summed E-state index contributed by atoms with van der Waals surface area (Å²) < 4.78 is 11.3. The largest absolute Gasteiger partial charge is 0.504 e. The van der Waals surface area contributed by atoms with Gasteiger partial charge in [0.25, 0.3) is 5.91 Å². The molecular weight excluding hydrogens is 406 g/mol. The number of phenolic OH excluding ortho intramolecular Hbond substituents is 1. The van der Waals surface area contributed by atoms with Crippen LogP contribution in [-0.4, -0.2) is 23.0 Å². The summed E-state index contributed by atoms with van der Waals surface area (Å²) in [5.74, 6) is -0.0412. The number of hydrogen-bond donors (Lipinski definition) is 1. The number of benzene rings is 3. The normalized spacial score (nSPS) is 15.2. The van der Waals surface area contributed by atoms with Gasteiger partial charge in [0.15, 0.2) is 16.9 Å². The van der Waals surface area contributed by atoms with E-state index in [4.69, 9.17) is 9.15 Å². The lowest BCUT2D eigenvalue weighted by Gasteiger charge is -2.25. The first-order valence-corrected chi connectivity index (χ1v) is 10.3. The van der Waals surface area contributed by atoms with Crippen molar-refractivity contribution in [2.45, 2.75) is 19.5 Å². The van der Waals surface area contributed by atoms with Crippen molar-refractivity contribution in [1.29, 1.82) is 0 Å². The van der Waals surface area contributed by atoms with Crippen LogP contribution in [-0.2, 0) is 6.54 Å². The molecule has 32 heavy (non-hydrogen) atoms. The van der Waals surface area contributed by atoms with Crippen molar-refractivity contribution in [2.24, 2.45) is 0 Å². The Hall–Kier alpha value is -4.06. The number of amides is 1. The van der Waals surface area contributed by atoms with E-state index in [0.29, 0.717) is 28.6 Å². The van der Waals surface area contributed by atoms with Crippen molar-refractivity contribution in [3.63, 3.8) is 0 Å². The Morgan fingerprint density at radius 1 is 1.03 bits per heavy atom. The van der Waals surface area contributed by atoms with E-state index in [-0.39, 0.29) is 28.6 Å². The zero-order valence-corrected chi connectivity index (χ0v) is 17.7. The standard InChI is InChI=1S/C26H21NO5/c1-15-8-11-20-18(12-15)24(29)22-23(17-9-10-19(28)21(13-17)31-2)27(26(30)25(22)32-20)14-16-6-4-3-5-7-16/h3-13,23,28H,14H2,1-2H3/t23-/m1/s1. The topological polar surface area (TPSA) is 80.0 Å². The summed E-state index contributed by atoms with van der Waals surface area (Å²) in [4.78, 5) is 28.7. The Morgan fingerprint density at radius 3 is 2.56 bits per heavy atom. The van der Waals surface area contributed by atoms with Gasteiger partial charge in [0.05, 0.1) is 24.1 Å². The van der Waals surface area contributed by atoms with Crippen LogP contribution in [0.25, 0.3) is 11.0 Å². The molecule has 0 unspecified atom stereocenters. The van der Waals surface area contributed by atoms with Crippen LogP contribution >= 0.6 is 0 Å². The van der Waals surface area contributed by atoms with Crippen LogP contribution in [0.4, 0.5) is 0 Å². The lowest BCUT2D eigenvalue weighted by molar-refractivity contribution is 0.0714. The molecule has 1 aliphatic rings. The highest BCUT2D eigenvalue weighted by Gasteiger charge is 2.43. The minimum absolute atomic E-state index is 0.0171. The van der Waals surface area contributed by atoms with E-state index in [1.807, 2.05) is 43.3 Å². The first-order valence-electron chi connectivity index (χ1n) is 10.3.